The third-order valence-electron chi connectivity index (χ3n) is 4.61. The van der Waals surface area contributed by atoms with E-state index in [4.69, 9.17) is 5.73 Å². The van der Waals surface area contributed by atoms with Crippen LogP contribution in [0.3, 0.4) is 0 Å². The van der Waals surface area contributed by atoms with Crippen molar-refractivity contribution in [2.24, 2.45) is 0 Å². The zero-order chi connectivity index (χ0) is 17.3. The summed E-state index contributed by atoms with van der Waals surface area (Å²) in [5.41, 5.74) is 8.64. The summed E-state index contributed by atoms with van der Waals surface area (Å²) in [6.07, 6.45) is 4.39. The summed E-state index contributed by atoms with van der Waals surface area (Å²) in [5.74, 6) is 0.488. The topological polar surface area (TPSA) is 76.3 Å². The van der Waals surface area contributed by atoms with Crippen LogP contribution in [-0.4, -0.2) is 24.3 Å². The molecule has 1 fully saturated rings. The van der Waals surface area contributed by atoms with Gasteiger partial charge in [-0.3, -0.25) is 0 Å². The Bertz CT molecular complexity index is 832. The number of hydrogen-bond acceptors (Lipinski definition) is 4. The van der Waals surface area contributed by atoms with E-state index in [9.17, 15) is 8.42 Å². The highest BCUT2D eigenvalue weighted by Gasteiger charge is 2.34. The minimum Gasteiger partial charge on any atom is -0.383 e. The molecule has 0 bridgehead atoms. The summed E-state index contributed by atoms with van der Waals surface area (Å²) < 4.78 is 27.8. The number of benzene rings is 1. The molecule has 5 nitrogen and oxygen atoms in total. The molecule has 0 saturated carbocycles. The average Bonchev–Trinajstić information content (AvgIpc) is 2.58. The fourth-order valence-corrected chi connectivity index (χ4v) is 4.84. The van der Waals surface area contributed by atoms with Gasteiger partial charge < -0.3 is 5.73 Å². The van der Waals surface area contributed by atoms with Gasteiger partial charge in [0.15, 0.2) is 0 Å². The SMILES string of the molecule is Cc1ccc(S(=O)(=O)N2CCCC[C@@H]2c2cnc(N)c(C)c2)cc1. The maximum atomic E-state index is 13.1. The highest BCUT2D eigenvalue weighted by atomic mass is 32.2. The Morgan fingerprint density at radius 2 is 1.88 bits per heavy atom. The molecule has 0 amide bonds. The van der Waals surface area contributed by atoms with E-state index in [0.717, 1.165) is 36.0 Å². The van der Waals surface area contributed by atoms with E-state index in [1.54, 1.807) is 22.6 Å². The van der Waals surface area contributed by atoms with Crippen molar-refractivity contribution in [3.05, 3.63) is 53.2 Å². The summed E-state index contributed by atoms with van der Waals surface area (Å²) in [6, 6.07) is 8.81. The Hall–Kier alpha value is -1.92. The number of sulfonamides is 1. The zero-order valence-corrected chi connectivity index (χ0v) is 14.9. The van der Waals surface area contributed by atoms with E-state index >= 15 is 0 Å². The number of hydrogen-bond donors (Lipinski definition) is 1. The van der Waals surface area contributed by atoms with Crippen LogP contribution in [-0.2, 0) is 10.0 Å². The van der Waals surface area contributed by atoms with E-state index < -0.39 is 10.0 Å². The quantitative estimate of drug-likeness (QED) is 0.927. The molecule has 1 aliphatic heterocycles. The highest BCUT2D eigenvalue weighted by molar-refractivity contribution is 7.89. The lowest BCUT2D eigenvalue weighted by Gasteiger charge is -2.35. The second-order valence-electron chi connectivity index (χ2n) is 6.41. The molecule has 2 aromatic rings. The van der Waals surface area contributed by atoms with Gasteiger partial charge in [0, 0.05) is 12.7 Å². The molecule has 3 rings (SSSR count). The van der Waals surface area contributed by atoms with Crippen molar-refractivity contribution in [2.45, 2.75) is 44.0 Å². The van der Waals surface area contributed by atoms with Gasteiger partial charge in [-0.1, -0.05) is 24.1 Å². The van der Waals surface area contributed by atoms with Gasteiger partial charge in [0.1, 0.15) is 5.82 Å². The van der Waals surface area contributed by atoms with Crippen molar-refractivity contribution in [1.82, 2.24) is 9.29 Å². The molecule has 1 saturated heterocycles. The number of aromatic nitrogens is 1. The Balaban J connectivity index is 2.00. The molecule has 0 radical (unpaired) electrons. The van der Waals surface area contributed by atoms with Crippen LogP contribution < -0.4 is 5.73 Å². The second-order valence-corrected chi connectivity index (χ2v) is 8.30. The molecule has 1 atom stereocenters. The minimum atomic E-state index is -3.52. The van der Waals surface area contributed by atoms with E-state index in [1.165, 1.54) is 0 Å². The zero-order valence-electron chi connectivity index (χ0n) is 14.1. The van der Waals surface area contributed by atoms with E-state index in [1.807, 2.05) is 32.0 Å². The molecular weight excluding hydrogens is 322 g/mol. The largest absolute Gasteiger partial charge is 0.383 e. The summed E-state index contributed by atoms with van der Waals surface area (Å²) in [4.78, 5) is 4.56. The van der Waals surface area contributed by atoms with Crippen LogP contribution >= 0.6 is 0 Å². The predicted molar refractivity (Wildman–Crippen MR) is 95.0 cm³/mol. The molecule has 1 aromatic heterocycles. The number of rotatable bonds is 3. The van der Waals surface area contributed by atoms with Crippen LogP contribution in [0.5, 0.6) is 0 Å². The molecule has 0 spiro atoms. The number of piperidine rings is 1. The lowest BCUT2D eigenvalue weighted by Crippen LogP contribution is -2.38. The molecule has 24 heavy (non-hydrogen) atoms. The van der Waals surface area contributed by atoms with Crippen LogP contribution in [0.15, 0.2) is 41.4 Å². The summed E-state index contributed by atoms with van der Waals surface area (Å²) >= 11 is 0. The van der Waals surface area contributed by atoms with E-state index in [2.05, 4.69) is 4.98 Å². The standard InChI is InChI=1S/C18H23N3O2S/c1-13-6-8-16(9-7-13)24(22,23)21-10-4-3-5-17(21)15-11-14(2)18(19)20-12-15/h6-9,11-12,17H,3-5,10H2,1-2H3,(H2,19,20)/t17-/m1/s1. The van der Waals surface area contributed by atoms with Crippen molar-refractivity contribution < 1.29 is 8.42 Å². The molecule has 6 heteroatoms. The number of nitrogen functional groups attached to an aromatic ring is 1. The first kappa shape index (κ1) is 16.9. The van der Waals surface area contributed by atoms with Gasteiger partial charge >= 0.3 is 0 Å². The fraction of sp³-hybridized carbons (Fsp3) is 0.389. The number of nitrogens with zero attached hydrogens (tertiary/aromatic N) is 2. The van der Waals surface area contributed by atoms with Crippen LogP contribution in [0, 0.1) is 13.8 Å². The van der Waals surface area contributed by atoms with Crippen molar-refractivity contribution >= 4 is 15.8 Å². The molecule has 2 heterocycles. The lowest BCUT2D eigenvalue weighted by atomic mass is 9.98. The van der Waals surface area contributed by atoms with Crippen LogP contribution in [0.4, 0.5) is 5.82 Å². The molecular formula is C18H23N3O2S. The van der Waals surface area contributed by atoms with Gasteiger partial charge in [0.25, 0.3) is 0 Å². The first-order chi connectivity index (χ1) is 11.4. The van der Waals surface area contributed by atoms with E-state index in [0.29, 0.717) is 17.3 Å². The van der Waals surface area contributed by atoms with Gasteiger partial charge in [0.2, 0.25) is 10.0 Å². The Morgan fingerprint density at radius 3 is 2.54 bits per heavy atom. The fourth-order valence-electron chi connectivity index (χ4n) is 3.16. The van der Waals surface area contributed by atoms with Gasteiger partial charge in [-0.25, -0.2) is 13.4 Å². The average molecular weight is 345 g/mol. The summed E-state index contributed by atoms with van der Waals surface area (Å²) in [7, 11) is -3.52. The van der Waals surface area contributed by atoms with E-state index in [-0.39, 0.29) is 6.04 Å². The van der Waals surface area contributed by atoms with Crippen molar-refractivity contribution in [2.75, 3.05) is 12.3 Å². The first-order valence-corrected chi connectivity index (χ1v) is 9.64. The number of pyridine rings is 1. The Morgan fingerprint density at radius 1 is 1.17 bits per heavy atom. The monoisotopic (exact) mass is 345 g/mol. The maximum absolute atomic E-state index is 13.1. The lowest BCUT2D eigenvalue weighted by molar-refractivity contribution is 0.255. The van der Waals surface area contributed by atoms with Crippen molar-refractivity contribution in [1.29, 1.82) is 0 Å². The molecule has 2 N–H and O–H groups in total. The van der Waals surface area contributed by atoms with Crippen molar-refractivity contribution in [3.63, 3.8) is 0 Å². The number of anilines is 1. The Labute approximate surface area is 143 Å². The van der Waals surface area contributed by atoms with Gasteiger partial charge in [-0.2, -0.15) is 4.31 Å². The Kier molecular flexibility index (Phi) is 4.60. The summed E-state index contributed by atoms with van der Waals surface area (Å²) in [5, 5.41) is 0. The molecule has 0 aliphatic carbocycles. The number of aryl methyl sites for hydroxylation is 2. The van der Waals surface area contributed by atoms with Gasteiger partial charge in [-0.05, 0) is 56.0 Å². The van der Waals surface area contributed by atoms with Crippen LogP contribution in [0.2, 0.25) is 0 Å². The van der Waals surface area contributed by atoms with Crippen molar-refractivity contribution in [3.8, 4) is 0 Å². The molecule has 0 unspecified atom stereocenters. The van der Waals surface area contributed by atoms with Crippen LogP contribution in [0.1, 0.15) is 42.0 Å². The molecule has 1 aromatic carbocycles. The number of nitrogens with two attached hydrogens (primary N) is 1. The summed E-state index contributed by atoms with van der Waals surface area (Å²) in [6.45, 7) is 4.38. The highest BCUT2D eigenvalue weighted by Crippen LogP contribution is 2.35. The van der Waals surface area contributed by atoms with Gasteiger partial charge in [-0.15, -0.1) is 0 Å². The normalized spacial score (nSPS) is 19.3. The first-order valence-electron chi connectivity index (χ1n) is 8.20. The smallest absolute Gasteiger partial charge is 0.243 e. The molecule has 1 aliphatic rings. The van der Waals surface area contributed by atoms with Gasteiger partial charge in [0.05, 0.1) is 10.9 Å². The minimum absolute atomic E-state index is 0.183. The third kappa shape index (κ3) is 3.16. The maximum Gasteiger partial charge on any atom is 0.243 e. The predicted octanol–water partition coefficient (Wildman–Crippen LogP) is 3.20. The third-order valence-corrected chi connectivity index (χ3v) is 6.53. The molecule has 128 valence electrons. The van der Waals surface area contributed by atoms with Crippen LogP contribution in [0.25, 0.3) is 0 Å². The second kappa shape index (κ2) is 6.53.